The van der Waals surface area contributed by atoms with E-state index >= 15 is 0 Å². The maximum absolute atomic E-state index is 10.9. The summed E-state index contributed by atoms with van der Waals surface area (Å²) in [7, 11) is 0. The first-order valence-electron chi connectivity index (χ1n) is 10.2. The predicted octanol–water partition coefficient (Wildman–Crippen LogP) is 5.90. The molecule has 0 aliphatic carbocycles. The van der Waals surface area contributed by atoms with Gasteiger partial charge in [-0.15, -0.1) is 0 Å². The lowest BCUT2D eigenvalue weighted by molar-refractivity contribution is -0.417. The van der Waals surface area contributed by atoms with Crippen LogP contribution in [0.4, 0.5) is 0 Å². The Morgan fingerprint density at radius 2 is 1.96 bits per heavy atom. The number of aliphatic carboxylic acids is 1. The maximum atomic E-state index is 10.9. The first kappa shape index (κ1) is 22.4. The summed E-state index contributed by atoms with van der Waals surface area (Å²) in [6.45, 7) is 8.49. The molecule has 5 atom stereocenters. The highest BCUT2D eigenvalue weighted by molar-refractivity contribution is 5.67. The van der Waals surface area contributed by atoms with Gasteiger partial charge in [0.15, 0.2) is 0 Å². The molecule has 0 amide bonds. The van der Waals surface area contributed by atoms with Crippen molar-refractivity contribution in [2.45, 2.75) is 65.1 Å². The number of carbonyl (C=O) groups is 1. The Morgan fingerprint density at radius 1 is 1.25 bits per heavy atom. The standard InChI is InChI=1S/C24H34O4/c1-18(13-14-21-11-6-5-7-12-21)9-8-10-19(2)16-24(4)17-20(3)22(27-28-24)15-23(25)26/h5-8,10-14,18-20,22H,9,15-17H2,1-4H3,(H,25,26)/b10-8+,14-13+. The molecule has 1 aromatic rings. The van der Waals surface area contributed by atoms with Gasteiger partial charge in [0.2, 0.25) is 0 Å². The number of hydrogen-bond acceptors (Lipinski definition) is 3. The van der Waals surface area contributed by atoms with E-state index in [-0.39, 0.29) is 24.0 Å². The van der Waals surface area contributed by atoms with Crippen molar-refractivity contribution >= 4 is 12.0 Å². The molecule has 4 heteroatoms. The largest absolute Gasteiger partial charge is 0.481 e. The number of hydrogen-bond donors (Lipinski definition) is 1. The van der Waals surface area contributed by atoms with E-state index in [1.54, 1.807) is 0 Å². The van der Waals surface area contributed by atoms with Gasteiger partial charge in [-0.05, 0) is 49.5 Å². The zero-order chi connectivity index (χ0) is 20.6. The van der Waals surface area contributed by atoms with Crippen LogP contribution < -0.4 is 0 Å². The molecule has 1 aliphatic heterocycles. The molecule has 0 radical (unpaired) electrons. The highest BCUT2D eigenvalue weighted by atomic mass is 17.2. The van der Waals surface area contributed by atoms with Crippen molar-refractivity contribution in [1.82, 2.24) is 0 Å². The summed E-state index contributed by atoms with van der Waals surface area (Å²) in [5.74, 6) is 0.150. The molecular weight excluding hydrogens is 352 g/mol. The SMILES string of the molecule is CC(/C=C/c1ccccc1)C/C=C/C(C)CC1(C)CC(C)C(CC(=O)O)OO1. The third kappa shape index (κ3) is 7.61. The van der Waals surface area contributed by atoms with Crippen molar-refractivity contribution in [3.8, 4) is 0 Å². The normalized spacial score (nSPS) is 27.9. The van der Waals surface area contributed by atoms with Gasteiger partial charge in [0.05, 0.1) is 6.42 Å². The Labute approximate surface area is 169 Å². The quantitative estimate of drug-likeness (QED) is 0.424. The van der Waals surface area contributed by atoms with E-state index in [1.807, 2.05) is 25.1 Å². The van der Waals surface area contributed by atoms with Gasteiger partial charge in [0, 0.05) is 0 Å². The Kier molecular flexibility index (Phi) is 8.46. The van der Waals surface area contributed by atoms with Crippen LogP contribution in [0.3, 0.4) is 0 Å². The van der Waals surface area contributed by atoms with Gasteiger partial charge in [-0.25, -0.2) is 9.78 Å². The van der Waals surface area contributed by atoms with Crippen molar-refractivity contribution < 1.29 is 19.7 Å². The maximum Gasteiger partial charge on any atom is 0.306 e. The van der Waals surface area contributed by atoms with Crippen molar-refractivity contribution in [1.29, 1.82) is 0 Å². The summed E-state index contributed by atoms with van der Waals surface area (Å²) in [5.41, 5.74) is 0.848. The van der Waals surface area contributed by atoms with Crippen molar-refractivity contribution in [2.24, 2.45) is 17.8 Å². The molecule has 1 aromatic carbocycles. The number of carboxylic acid groups (broad SMARTS) is 1. The molecule has 4 nitrogen and oxygen atoms in total. The Balaban J connectivity index is 1.77. The Bertz CT molecular complexity index is 666. The van der Waals surface area contributed by atoms with E-state index in [0.29, 0.717) is 11.8 Å². The summed E-state index contributed by atoms with van der Waals surface area (Å²) >= 11 is 0. The average Bonchev–Trinajstić information content (AvgIpc) is 2.63. The van der Waals surface area contributed by atoms with Gasteiger partial charge in [-0.3, -0.25) is 4.79 Å². The van der Waals surface area contributed by atoms with Gasteiger partial charge >= 0.3 is 5.97 Å². The zero-order valence-corrected chi connectivity index (χ0v) is 17.5. The second-order valence-corrected chi connectivity index (χ2v) is 8.54. The lowest BCUT2D eigenvalue weighted by Crippen LogP contribution is -2.44. The number of allylic oxidation sites excluding steroid dienone is 3. The number of carboxylic acids is 1. The highest BCUT2D eigenvalue weighted by Gasteiger charge is 2.39. The third-order valence-corrected chi connectivity index (χ3v) is 5.28. The van der Waals surface area contributed by atoms with Gasteiger partial charge in [-0.1, -0.05) is 75.4 Å². The van der Waals surface area contributed by atoms with Crippen molar-refractivity contribution in [2.75, 3.05) is 0 Å². The molecule has 1 heterocycles. The van der Waals surface area contributed by atoms with Crippen LogP contribution in [0.2, 0.25) is 0 Å². The fourth-order valence-corrected chi connectivity index (χ4v) is 3.84. The smallest absolute Gasteiger partial charge is 0.306 e. The summed E-state index contributed by atoms with van der Waals surface area (Å²) in [6, 6.07) is 10.3. The summed E-state index contributed by atoms with van der Waals surface area (Å²) < 4.78 is 0. The monoisotopic (exact) mass is 386 g/mol. The van der Waals surface area contributed by atoms with Crippen molar-refractivity contribution in [3.05, 3.63) is 54.1 Å². The average molecular weight is 387 g/mol. The first-order chi connectivity index (χ1) is 13.3. The fraction of sp³-hybridized carbons (Fsp3) is 0.542. The van der Waals surface area contributed by atoms with Gasteiger partial charge in [0.1, 0.15) is 11.7 Å². The Morgan fingerprint density at radius 3 is 2.61 bits per heavy atom. The second kappa shape index (κ2) is 10.6. The van der Waals surface area contributed by atoms with Crippen LogP contribution in [-0.4, -0.2) is 22.8 Å². The predicted molar refractivity (Wildman–Crippen MR) is 113 cm³/mol. The molecule has 1 saturated heterocycles. The van der Waals surface area contributed by atoms with Crippen molar-refractivity contribution in [3.63, 3.8) is 0 Å². The lowest BCUT2D eigenvalue weighted by Gasteiger charge is -2.40. The summed E-state index contributed by atoms with van der Waals surface area (Å²) in [4.78, 5) is 21.9. The Hall–Kier alpha value is -1.91. The molecule has 5 unspecified atom stereocenters. The minimum atomic E-state index is -0.851. The van der Waals surface area contributed by atoms with Crippen LogP contribution in [-0.2, 0) is 14.6 Å². The van der Waals surface area contributed by atoms with Crippen LogP contribution in [0.5, 0.6) is 0 Å². The lowest BCUT2D eigenvalue weighted by atomic mass is 9.82. The van der Waals surface area contributed by atoms with Gasteiger partial charge in [0.25, 0.3) is 0 Å². The van der Waals surface area contributed by atoms with E-state index < -0.39 is 5.97 Å². The molecule has 1 aliphatic rings. The molecule has 28 heavy (non-hydrogen) atoms. The molecule has 1 fully saturated rings. The highest BCUT2D eigenvalue weighted by Crippen LogP contribution is 2.36. The number of rotatable bonds is 9. The van der Waals surface area contributed by atoms with Crippen LogP contribution in [0.1, 0.15) is 58.9 Å². The topological polar surface area (TPSA) is 55.8 Å². The molecule has 0 bridgehead atoms. The first-order valence-corrected chi connectivity index (χ1v) is 10.2. The minimum absolute atomic E-state index is 0.0128. The third-order valence-electron chi connectivity index (χ3n) is 5.28. The van der Waals surface area contributed by atoms with E-state index in [0.717, 1.165) is 19.3 Å². The molecule has 154 valence electrons. The van der Waals surface area contributed by atoms with E-state index in [1.165, 1.54) is 5.56 Å². The van der Waals surface area contributed by atoms with E-state index in [4.69, 9.17) is 14.9 Å². The molecule has 1 N–H and O–H groups in total. The fourth-order valence-electron chi connectivity index (χ4n) is 3.84. The molecular formula is C24H34O4. The van der Waals surface area contributed by atoms with Crippen LogP contribution in [0.15, 0.2) is 48.6 Å². The summed E-state index contributed by atoms with van der Waals surface area (Å²) in [5, 5.41) is 8.95. The molecule has 2 rings (SSSR count). The van der Waals surface area contributed by atoms with E-state index in [2.05, 4.69) is 57.2 Å². The molecule has 0 spiro atoms. The molecule has 0 saturated carbocycles. The van der Waals surface area contributed by atoms with Crippen LogP contribution in [0.25, 0.3) is 6.08 Å². The zero-order valence-electron chi connectivity index (χ0n) is 17.5. The van der Waals surface area contributed by atoms with Gasteiger partial charge < -0.3 is 5.11 Å². The van der Waals surface area contributed by atoms with Crippen LogP contribution in [0, 0.1) is 17.8 Å². The summed E-state index contributed by atoms with van der Waals surface area (Å²) in [6.07, 6.45) is 11.2. The number of benzene rings is 1. The van der Waals surface area contributed by atoms with E-state index in [9.17, 15) is 4.79 Å². The minimum Gasteiger partial charge on any atom is -0.481 e. The second-order valence-electron chi connectivity index (χ2n) is 8.54. The van der Waals surface area contributed by atoms with Gasteiger partial charge in [-0.2, -0.15) is 0 Å². The molecule has 0 aromatic heterocycles. The van der Waals surface area contributed by atoms with Crippen LogP contribution >= 0.6 is 0 Å².